The Labute approximate surface area is 120 Å². The first-order chi connectivity index (χ1) is 9.17. The maximum absolute atomic E-state index is 14.3. The van der Waals surface area contributed by atoms with Gasteiger partial charge in [-0.1, -0.05) is 40.2 Å². The van der Waals surface area contributed by atoms with E-state index in [1.807, 2.05) is 31.3 Å². The maximum Gasteiger partial charge on any atom is 0.170 e. The Kier molecular flexibility index (Phi) is 4.56. The summed E-state index contributed by atoms with van der Waals surface area (Å²) < 4.78 is 20.3. The Bertz CT molecular complexity index is 557. The molecule has 1 unspecified atom stereocenters. The Morgan fingerprint density at radius 3 is 2.42 bits per heavy atom. The Balaban J connectivity index is 2.45. The van der Waals surface area contributed by atoms with Gasteiger partial charge < -0.3 is 10.1 Å². The second kappa shape index (κ2) is 6.17. The van der Waals surface area contributed by atoms with E-state index in [0.29, 0.717) is 5.56 Å². The molecule has 0 aliphatic carbocycles. The summed E-state index contributed by atoms with van der Waals surface area (Å²) in [5, 5.41) is 3.14. The van der Waals surface area contributed by atoms with Crippen LogP contribution < -0.4 is 10.1 Å². The molecule has 0 saturated heterocycles. The fourth-order valence-corrected chi connectivity index (χ4v) is 2.33. The van der Waals surface area contributed by atoms with Crippen molar-refractivity contribution in [1.29, 1.82) is 0 Å². The van der Waals surface area contributed by atoms with Gasteiger partial charge in [0.15, 0.2) is 11.6 Å². The molecule has 2 aromatic carbocycles. The highest BCUT2D eigenvalue weighted by molar-refractivity contribution is 9.10. The van der Waals surface area contributed by atoms with Crippen LogP contribution in [0.5, 0.6) is 5.75 Å². The van der Waals surface area contributed by atoms with E-state index in [4.69, 9.17) is 4.74 Å². The summed E-state index contributed by atoms with van der Waals surface area (Å²) in [5.41, 5.74) is 1.57. The zero-order chi connectivity index (χ0) is 13.8. The topological polar surface area (TPSA) is 21.3 Å². The number of halogens is 2. The lowest BCUT2D eigenvalue weighted by atomic mass is 9.98. The van der Waals surface area contributed by atoms with Crippen LogP contribution in [-0.4, -0.2) is 14.2 Å². The van der Waals surface area contributed by atoms with Crippen molar-refractivity contribution in [2.24, 2.45) is 0 Å². The predicted octanol–water partition coefficient (Wildman–Crippen LogP) is 3.91. The number of methoxy groups -OCH3 is 1. The first-order valence-corrected chi connectivity index (χ1v) is 6.71. The molecule has 100 valence electrons. The molecular formula is C15H15BrFNO. The summed E-state index contributed by atoms with van der Waals surface area (Å²) in [7, 11) is 3.28. The fourth-order valence-electron chi connectivity index (χ4n) is 2.07. The van der Waals surface area contributed by atoms with Gasteiger partial charge in [0.2, 0.25) is 0 Å². The molecule has 2 aromatic rings. The van der Waals surface area contributed by atoms with Gasteiger partial charge in [-0.3, -0.25) is 0 Å². The van der Waals surface area contributed by atoms with E-state index in [1.54, 1.807) is 18.2 Å². The SMILES string of the molecule is CNC(c1ccc(Br)cc1)c1cccc(OC)c1F. The molecule has 0 radical (unpaired) electrons. The molecule has 0 amide bonds. The Morgan fingerprint density at radius 1 is 1.16 bits per heavy atom. The molecule has 0 bridgehead atoms. The minimum Gasteiger partial charge on any atom is -0.494 e. The van der Waals surface area contributed by atoms with Crippen molar-refractivity contribution in [1.82, 2.24) is 5.32 Å². The third-order valence-corrected chi connectivity index (χ3v) is 3.54. The van der Waals surface area contributed by atoms with Crippen LogP contribution in [0.1, 0.15) is 17.2 Å². The van der Waals surface area contributed by atoms with E-state index >= 15 is 0 Å². The average Bonchev–Trinajstić information content (AvgIpc) is 2.43. The molecular weight excluding hydrogens is 309 g/mol. The zero-order valence-electron chi connectivity index (χ0n) is 10.8. The summed E-state index contributed by atoms with van der Waals surface area (Å²) in [5.74, 6) is -0.0675. The summed E-state index contributed by atoms with van der Waals surface area (Å²) in [4.78, 5) is 0. The fraction of sp³-hybridized carbons (Fsp3) is 0.200. The lowest BCUT2D eigenvalue weighted by molar-refractivity contribution is 0.382. The summed E-state index contributed by atoms with van der Waals surface area (Å²) in [6.07, 6.45) is 0. The van der Waals surface area contributed by atoms with E-state index < -0.39 is 0 Å². The van der Waals surface area contributed by atoms with E-state index in [-0.39, 0.29) is 17.6 Å². The van der Waals surface area contributed by atoms with Gasteiger partial charge in [-0.2, -0.15) is 0 Å². The highest BCUT2D eigenvalue weighted by Crippen LogP contribution is 2.29. The quantitative estimate of drug-likeness (QED) is 0.921. The molecule has 2 nitrogen and oxygen atoms in total. The van der Waals surface area contributed by atoms with Gasteiger partial charge in [-0.25, -0.2) is 4.39 Å². The molecule has 0 spiro atoms. The average molecular weight is 324 g/mol. The minimum absolute atomic E-state index is 0.205. The second-order valence-corrected chi connectivity index (χ2v) is 5.05. The molecule has 0 aliphatic heterocycles. The van der Waals surface area contributed by atoms with E-state index in [9.17, 15) is 4.39 Å². The Hall–Kier alpha value is -1.39. The molecule has 0 fully saturated rings. The van der Waals surface area contributed by atoms with Crippen molar-refractivity contribution < 1.29 is 9.13 Å². The van der Waals surface area contributed by atoms with Gasteiger partial charge in [0.05, 0.1) is 13.2 Å². The number of rotatable bonds is 4. The van der Waals surface area contributed by atoms with E-state index in [2.05, 4.69) is 21.2 Å². The molecule has 0 aromatic heterocycles. The summed E-state index contributed by atoms with van der Waals surface area (Å²) in [6, 6.07) is 12.8. The van der Waals surface area contributed by atoms with E-state index in [1.165, 1.54) is 7.11 Å². The van der Waals surface area contributed by atoms with Crippen molar-refractivity contribution in [3.63, 3.8) is 0 Å². The van der Waals surface area contributed by atoms with Gasteiger partial charge in [-0.05, 0) is 30.8 Å². The van der Waals surface area contributed by atoms with Crippen molar-refractivity contribution in [3.8, 4) is 5.75 Å². The Morgan fingerprint density at radius 2 is 1.84 bits per heavy atom. The number of hydrogen-bond acceptors (Lipinski definition) is 2. The monoisotopic (exact) mass is 323 g/mol. The van der Waals surface area contributed by atoms with Crippen LogP contribution in [0, 0.1) is 5.82 Å². The van der Waals surface area contributed by atoms with Gasteiger partial charge in [-0.15, -0.1) is 0 Å². The van der Waals surface area contributed by atoms with Gasteiger partial charge >= 0.3 is 0 Å². The van der Waals surface area contributed by atoms with Crippen LogP contribution >= 0.6 is 15.9 Å². The lowest BCUT2D eigenvalue weighted by Gasteiger charge is -2.19. The van der Waals surface area contributed by atoms with Gasteiger partial charge in [0.1, 0.15) is 0 Å². The van der Waals surface area contributed by atoms with Crippen LogP contribution in [-0.2, 0) is 0 Å². The molecule has 2 rings (SSSR count). The first-order valence-electron chi connectivity index (χ1n) is 5.92. The lowest BCUT2D eigenvalue weighted by Crippen LogP contribution is -2.19. The van der Waals surface area contributed by atoms with Crippen molar-refractivity contribution in [2.75, 3.05) is 14.2 Å². The van der Waals surface area contributed by atoms with E-state index in [0.717, 1.165) is 10.0 Å². The van der Waals surface area contributed by atoms with Crippen LogP contribution in [0.25, 0.3) is 0 Å². The highest BCUT2D eigenvalue weighted by Gasteiger charge is 2.18. The van der Waals surface area contributed by atoms with Gasteiger partial charge in [0, 0.05) is 10.0 Å². The number of nitrogens with one attached hydrogen (secondary N) is 1. The largest absolute Gasteiger partial charge is 0.494 e. The normalized spacial score (nSPS) is 12.2. The molecule has 1 atom stereocenters. The third kappa shape index (κ3) is 2.96. The summed E-state index contributed by atoms with van der Waals surface area (Å²) >= 11 is 3.40. The number of ether oxygens (including phenoxy) is 1. The van der Waals surface area contributed by atoms with Crippen LogP contribution in [0.3, 0.4) is 0 Å². The molecule has 0 aliphatic rings. The molecule has 4 heteroatoms. The van der Waals surface area contributed by atoms with Crippen molar-refractivity contribution in [3.05, 3.63) is 63.9 Å². The molecule has 0 saturated carbocycles. The standard InChI is InChI=1S/C15H15BrFNO/c1-18-15(10-6-8-11(16)9-7-10)12-4-3-5-13(19-2)14(12)17/h3-9,15,18H,1-2H3. The molecule has 1 N–H and O–H groups in total. The maximum atomic E-state index is 14.3. The zero-order valence-corrected chi connectivity index (χ0v) is 12.4. The van der Waals surface area contributed by atoms with Gasteiger partial charge in [0.25, 0.3) is 0 Å². The number of benzene rings is 2. The highest BCUT2D eigenvalue weighted by atomic mass is 79.9. The summed E-state index contributed by atoms with van der Waals surface area (Å²) in [6.45, 7) is 0. The number of hydrogen-bond donors (Lipinski definition) is 1. The molecule has 19 heavy (non-hydrogen) atoms. The van der Waals surface area contributed by atoms with Crippen LogP contribution in [0.2, 0.25) is 0 Å². The molecule has 0 heterocycles. The third-order valence-electron chi connectivity index (χ3n) is 3.02. The van der Waals surface area contributed by atoms with Crippen molar-refractivity contribution >= 4 is 15.9 Å². The predicted molar refractivity (Wildman–Crippen MR) is 78.0 cm³/mol. The minimum atomic E-state index is -0.327. The van der Waals surface area contributed by atoms with Crippen molar-refractivity contribution in [2.45, 2.75) is 6.04 Å². The van der Waals surface area contributed by atoms with Crippen LogP contribution in [0.15, 0.2) is 46.9 Å². The van der Waals surface area contributed by atoms with Crippen LogP contribution in [0.4, 0.5) is 4.39 Å². The second-order valence-electron chi connectivity index (χ2n) is 4.14. The first kappa shape index (κ1) is 14.0. The smallest absolute Gasteiger partial charge is 0.170 e.